The average Bonchev–Trinajstić information content (AvgIpc) is 3.06. The summed E-state index contributed by atoms with van der Waals surface area (Å²) in [4.78, 5) is 0. The number of nitrogens with zero attached hydrogens (tertiary/aromatic N) is 1. The van der Waals surface area contributed by atoms with E-state index >= 15 is 0 Å². The summed E-state index contributed by atoms with van der Waals surface area (Å²) < 4.78 is 39.8. The molecule has 2 N–H and O–H groups in total. The molecule has 3 rings (SSSR count). The molecule has 0 unspecified atom stereocenters. The van der Waals surface area contributed by atoms with E-state index in [4.69, 9.17) is 0 Å². The van der Waals surface area contributed by atoms with Gasteiger partial charge < -0.3 is 0 Å². The Morgan fingerprint density at radius 3 is 2.40 bits per heavy atom. The predicted octanol–water partition coefficient (Wildman–Crippen LogP) is 3.57. The minimum Gasteiger partial charge on any atom is -0.282 e. The Kier molecular flexibility index (Phi) is 5.24. The van der Waals surface area contributed by atoms with Gasteiger partial charge in [0.2, 0.25) is 10.0 Å². The van der Waals surface area contributed by atoms with E-state index in [-0.39, 0.29) is 11.9 Å². The van der Waals surface area contributed by atoms with Crippen molar-refractivity contribution in [2.45, 2.75) is 56.7 Å². The van der Waals surface area contributed by atoms with Gasteiger partial charge in [0.1, 0.15) is 5.82 Å². The van der Waals surface area contributed by atoms with Crippen molar-refractivity contribution < 1.29 is 12.8 Å². The number of nitrogens with one attached hydrogen (secondary N) is 2. The number of benzene rings is 1. The van der Waals surface area contributed by atoms with Crippen LogP contribution in [0.15, 0.2) is 30.3 Å². The second kappa shape index (κ2) is 7.25. The minimum absolute atomic E-state index is 0.0168. The molecule has 1 heterocycles. The average molecular weight is 365 g/mol. The van der Waals surface area contributed by atoms with Gasteiger partial charge in [-0.1, -0.05) is 0 Å². The van der Waals surface area contributed by atoms with Crippen molar-refractivity contribution in [2.75, 3.05) is 0 Å². The molecule has 1 aliphatic carbocycles. The van der Waals surface area contributed by atoms with E-state index in [2.05, 4.69) is 14.9 Å². The van der Waals surface area contributed by atoms with Crippen LogP contribution in [-0.2, 0) is 10.0 Å². The maximum atomic E-state index is 13.0. The third-order valence-electron chi connectivity index (χ3n) is 4.86. The second-order valence-corrected chi connectivity index (χ2v) is 9.24. The summed E-state index contributed by atoms with van der Waals surface area (Å²) >= 11 is 0. The molecule has 1 fully saturated rings. The van der Waals surface area contributed by atoms with E-state index in [1.807, 2.05) is 6.07 Å². The molecule has 0 aliphatic heterocycles. The standard InChI is InChI=1S/C18H24FN3O2S/c1-12(2)25(23,24)22-16-9-5-14(6-10-16)18-11-17(20-21-18)13-3-7-15(19)8-4-13/h3-4,7-8,11-12,14,16,22H,5-6,9-10H2,1-2H3,(H,20,21)/t14-,16-. The number of halogens is 1. The van der Waals surface area contributed by atoms with Crippen LogP contribution in [0.4, 0.5) is 4.39 Å². The molecule has 25 heavy (non-hydrogen) atoms. The number of rotatable bonds is 5. The Hall–Kier alpha value is -1.73. The summed E-state index contributed by atoms with van der Waals surface area (Å²) in [6.07, 6.45) is 3.47. The number of H-pyrrole nitrogens is 1. The topological polar surface area (TPSA) is 74.8 Å². The monoisotopic (exact) mass is 365 g/mol. The highest BCUT2D eigenvalue weighted by Gasteiger charge is 2.27. The summed E-state index contributed by atoms with van der Waals surface area (Å²) in [5.41, 5.74) is 2.74. The Morgan fingerprint density at radius 2 is 1.80 bits per heavy atom. The first kappa shape index (κ1) is 18.1. The van der Waals surface area contributed by atoms with Crippen LogP contribution in [0.25, 0.3) is 11.3 Å². The zero-order chi connectivity index (χ0) is 18.0. The Bertz CT molecular complexity index is 807. The fraction of sp³-hybridized carbons (Fsp3) is 0.500. The quantitative estimate of drug-likeness (QED) is 0.850. The molecule has 0 amide bonds. The van der Waals surface area contributed by atoms with Gasteiger partial charge in [-0.25, -0.2) is 17.5 Å². The van der Waals surface area contributed by atoms with E-state index in [0.717, 1.165) is 42.6 Å². The van der Waals surface area contributed by atoms with Crippen LogP contribution < -0.4 is 4.72 Å². The lowest BCUT2D eigenvalue weighted by atomic mass is 9.84. The van der Waals surface area contributed by atoms with E-state index in [0.29, 0.717) is 5.92 Å². The molecule has 1 saturated carbocycles. The highest BCUT2D eigenvalue weighted by molar-refractivity contribution is 7.90. The SMILES string of the molecule is CC(C)S(=O)(=O)N[C@H]1CC[C@H](c2cc(-c3ccc(F)cc3)n[nH]2)CC1. The molecular weight excluding hydrogens is 341 g/mol. The van der Waals surface area contributed by atoms with Crippen LogP contribution in [0.5, 0.6) is 0 Å². The van der Waals surface area contributed by atoms with Gasteiger partial charge in [-0.3, -0.25) is 5.10 Å². The molecule has 7 heteroatoms. The van der Waals surface area contributed by atoms with Crippen molar-refractivity contribution in [3.63, 3.8) is 0 Å². The Balaban J connectivity index is 1.61. The van der Waals surface area contributed by atoms with E-state index in [1.54, 1.807) is 26.0 Å². The van der Waals surface area contributed by atoms with Gasteiger partial charge in [0.25, 0.3) is 0 Å². The maximum absolute atomic E-state index is 13.0. The maximum Gasteiger partial charge on any atom is 0.214 e. The van der Waals surface area contributed by atoms with Crippen molar-refractivity contribution in [3.8, 4) is 11.3 Å². The van der Waals surface area contributed by atoms with Gasteiger partial charge in [-0.2, -0.15) is 5.10 Å². The number of sulfonamides is 1. The molecular formula is C18H24FN3O2S. The summed E-state index contributed by atoms with van der Waals surface area (Å²) in [6, 6.07) is 8.31. The normalized spacial score (nSPS) is 21.6. The van der Waals surface area contributed by atoms with Crippen LogP contribution >= 0.6 is 0 Å². The summed E-state index contributed by atoms with van der Waals surface area (Å²) in [6.45, 7) is 3.38. The van der Waals surface area contributed by atoms with Crippen molar-refractivity contribution in [1.29, 1.82) is 0 Å². The van der Waals surface area contributed by atoms with Crippen LogP contribution in [0, 0.1) is 5.82 Å². The van der Waals surface area contributed by atoms with Gasteiger partial charge in [0, 0.05) is 23.2 Å². The van der Waals surface area contributed by atoms with Gasteiger partial charge in [-0.15, -0.1) is 0 Å². The number of aromatic nitrogens is 2. The van der Waals surface area contributed by atoms with E-state index in [1.165, 1.54) is 12.1 Å². The van der Waals surface area contributed by atoms with E-state index in [9.17, 15) is 12.8 Å². The van der Waals surface area contributed by atoms with Crippen LogP contribution in [0.2, 0.25) is 0 Å². The summed E-state index contributed by atoms with van der Waals surface area (Å²) in [5, 5.41) is 7.02. The summed E-state index contributed by atoms with van der Waals surface area (Å²) in [7, 11) is -3.22. The van der Waals surface area contributed by atoms with Crippen LogP contribution in [0.1, 0.15) is 51.1 Å². The van der Waals surface area contributed by atoms with Crippen LogP contribution in [-0.4, -0.2) is 29.9 Å². The molecule has 0 bridgehead atoms. The molecule has 1 aromatic heterocycles. The largest absolute Gasteiger partial charge is 0.282 e. The number of hydrogen-bond acceptors (Lipinski definition) is 3. The smallest absolute Gasteiger partial charge is 0.214 e. The Labute approximate surface area is 148 Å². The first-order chi connectivity index (χ1) is 11.8. The lowest BCUT2D eigenvalue weighted by Crippen LogP contribution is -2.40. The molecule has 0 saturated heterocycles. The van der Waals surface area contributed by atoms with Gasteiger partial charge in [0.05, 0.1) is 10.9 Å². The number of hydrogen-bond donors (Lipinski definition) is 2. The lowest BCUT2D eigenvalue weighted by Gasteiger charge is -2.28. The van der Waals surface area contributed by atoms with Crippen molar-refractivity contribution in [1.82, 2.24) is 14.9 Å². The highest BCUT2D eigenvalue weighted by atomic mass is 32.2. The van der Waals surface area contributed by atoms with Gasteiger partial charge in [0.15, 0.2) is 0 Å². The fourth-order valence-electron chi connectivity index (χ4n) is 3.20. The van der Waals surface area contributed by atoms with Gasteiger partial charge >= 0.3 is 0 Å². The third kappa shape index (κ3) is 4.27. The van der Waals surface area contributed by atoms with Crippen molar-refractivity contribution in [2.24, 2.45) is 0 Å². The van der Waals surface area contributed by atoms with Crippen molar-refractivity contribution >= 4 is 10.0 Å². The Morgan fingerprint density at radius 1 is 1.16 bits per heavy atom. The summed E-state index contributed by atoms with van der Waals surface area (Å²) in [5.74, 6) is 0.0863. The number of aromatic amines is 1. The molecule has 1 aromatic carbocycles. The molecule has 0 spiro atoms. The molecule has 2 aromatic rings. The first-order valence-electron chi connectivity index (χ1n) is 8.67. The van der Waals surface area contributed by atoms with E-state index < -0.39 is 15.3 Å². The predicted molar refractivity (Wildman–Crippen MR) is 96.2 cm³/mol. The second-order valence-electron chi connectivity index (χ2n) is 6.98. The van der Waals surface area contributed by atoms with Gasteiger partial charge in [-0.05, 0) is 69.9 Å². The minimum atomic E-state index is -3.22. The fourth-order valence-corrected chi connectivity index (χ4v) is 4.18. The van der Waals surface area contributed by atoms with Crippen LogP contribution in [0.3, 0.4) is 0 Å². The molecule has 5 nitrogen and oxygen atoms in total. The van der Waals surface area contributed by atoms with Crippen molar-refractivity contribution in [3.05, 3.63) is 41.8 Å². The first-order valence-corrected chi connectivity index (χ1v) is 10.2. The zero-order valence-electron chi connectivity index (χ0n) is 14.5. The lowest BCUT2D eigenvalue weighted by molar-refractivity contribution is 0.369. The zero-order valence-corrected chi connectivity index (χ0v) is 15.3. The molecule has 1 aliphatic rings. The molecule has 0 radical (unpaired) electrons. The third-order valence-corrected chi connectivity index (χ3v) is 6.76. The highest BCUT2D eigenvalue weighted by Crippen LogP contribution is 2.33. The molecule has 136 valence electrons. The molecule has 0 atom stereocenters.